The Morgan fingerprint density at radius 3 is 2.92 bits per heavy atom. The molecule has 13 heavy (non-hydrogen) atoms. The van der Waals surface area contributed by atoms with Gasteiger partial charge in [0.05, 0.1) is 0 Å². The van der Waals surface area contributed by atoms with Crippen molar-refractivity contribution in [2.75, 3.05) is 7.05 Å². The standard InChI is InChI=1S/C9H13NO2S/c1-7(9(11)12)10(2)5-8-3-4-13-6-8/h3-4,6-7H,5H2,1-2H3,(H,11,12). The van der Waals surface area contributed by atoms with E-state index in [4.69, 9.17) is 5.11 Å². The minimum atomic E-state index is -0.780. The molecule has 1 unspecified atom stereocenters. The second kappa shape index (κ2) is 4.39. The van der Waals surface area contributed by atoms with E-state index < -0.39 is 12.0 Å². The van der Waals surface area contributed by atoms with E-state index in [1.807, 2.05) is 28.8 Å². The molecule has 0 aliphatic rings. The molecular weight excluding hydrogens is 186 g/mol. The van der Waals surface area contributed by atoms with E-state index in [2.05, 4.69) is 0 Å². The van der Waals surface area contributed by atoms with Crippen LogP contribution < -0.4 is 0 Å². The number of hydrogen-bond donors (Lipinski definition) is 1. The van der Waals surface area contributed by atoms with Crippen LogP contribution in [-0.2, 0) is 11.3 Å². The third-order valence-corrected chi connectivity index (χ3v) is 2.76. The van der Waals surface area contributed by atoms with E-state index in [9.17, 15) is 4.79 Å². The first-order chi connectivity index (χ1) is 6.11. The lowest BCUT2D eigenvalue weighted by molar-refractivity contribution is -0.142. The molecule has 0 spiro atoms. The zero-order chi connectivity index (χ0) is 9.84. The van der Waals surface area contributed by atoms with Crippen LogP contribution in [0.15, 0.2) is 16.8 Å². The second-order valence-corrected chi connectivity index (χ2v) is 3.84. The van der Waals surface area contributed by atoms with Crippen LogP contribution >= 0.6 is 11.3 Å². The van der Waals surface area contributed by atoms with Crippen molar-refractivity contribution in [2.45, 2.75) is 19.5 Å². The van der Waals surface area contributed by atoms with Crippen LogP contribution in [0.25, 0.3) is 0 Å². The zero-order valence-corrected chi connectivity index (χ0v) is 8.54. The van der Waals surface area contributed by atoms with E-state index in [-0.39, 0.29) is 0 Å². The van der Waals surface area contributed by atoms with Crippen LogP contribution in [0.4, 0.5) is 0 Å². The van der Waals surface area contributed by atoms with Crippen LogP contribution in [0.2, 0.25) is 0 Å². The highest BCUT2D eigenvalue weighted by Gasteiger charge is 2.16. The SMILES string of the molecule is CC(C(=O)O)N(C)Cc1ccsc1. The van der Waals surface area contributed by atoms with Crippen molar-refractivity contribution in [3.8, 4) is 0 Å². The highest BCUT2D eigenvalue weighted by Crippen LogP contribution is 2.10. The average molecular weight is 199 g/mol. The molecule has 4 heteroatoms. The monoisotopic (exact) mass is 199 g/mol. The lowest BCUT2D eigenvalue weighted by Crippen LogP contribution is -2.35. The molecule has 3 nitrogen and oxygen atoms in total. The summed E-state index contributed by atoms with van der Waals surface area (Å²) in [5, 5.41) is 12.8. The summed E-state index contributed by atoms with van der Waals surface area (Å²) in [4.78, 5) is 12.4. The molecule has 0 fully saturated rings. The van der Waals surface area contributed by atoms with E-state index in [1.54, 1.807) is 18.3 Å². The predicted octanol–water partition coefficient (Wildman–Crippen LogP) is 1.65. The molecule has 0 radical (unpaired) electrons. The van der Waals surface area contributed by atoms with Gasteiger partial charge in [-0.25, -0.2) is 0 Å². The highest BCUT2D eigenvalue weighted by molar-refractivity contribution is 7.07. The van der Waals surface area contributed by atoms with Gasteiger partial charge in [-0.05, 0) is 36.4 Å². The number of carboxylic acid groups (broad SMARTS) is 1. The van der Waals surface area contributed by atoms with Gasteiger partial charge in [-0.3, -0.25) is 9.69 Å². The predicted molar refractivity (Wildman–Crippen MR) is 52.9 cm³/mol. The van der Waals surface area contributed by atoms with Gasteiger partial charge in [-0.2, -0.15) is 11.3 Å². The second-order valence-electron chi connectivity index (χ2n) is 3.06. The summed E-state index contributed by atoms with van der Waals surface area (Å²) in [6.07, 6.45) is 0. The van der Waals surface area contributed by atoms with E-state index >= 15 is 0 Å². The molecule has 1 aromatic heterocycles. The van der Waals surface area contributed by atoms with Crippen molar-refractivity contribution in [1.82, 2.24) is 4.90 Å². The lowest BCUT2D eigenvalue weighted by atomic mass is 10.2. The smallest absolute Gasteiger partial charge is 0.320 e. The number of rotatable bonds is 4. The third-order valence-electron chi connectivity index (χ3n) is 2.03. The molecule has 1 rings (SSSR count). The molecule has 0 saturated heterocycles. The molecule has 0 aliphatic carbocycles. The quantitative estimate of drug-likeness (QED) is 0.801. The Kier molecular flexibility index (Phi) is 3.45. The van der Waals surface area contributed by atoms with Gasteiger partial charge in [-0.1, -0.05) is 0 Å². The van der Waals surface area contributed by atoms with Gasteiger partial charge in [0.1, 0.15) is 6.04 Å². The molecule has 0 amide bonds. The normalized spacial score (nSPS) is 13.2. The van der Waals surface area contributed by atoms with Crippen molar-refractivity contribution in [3.63, 3.8) is 0 Å². The van der Waals surface area contributed by atoms with Gasteiger partial charge >= 0.3 is 5.97 Å². The van der Waals surface area contributed by atoms with E-state index in [1.165, 1.54) is 5.56 Å². The molecule has 1 N–H and O–H groups in total. The Labute approximate surface area is 81.6 Å². The maximum atomic E-state index is 10.6. The molecule has 72 valence electrons. The molecule has 0 aliphatic heterocycles. The van der Waals surface area contributed by atoms with Gasteiger partial charge in [0, 0.05) is 6.54 Å². The van der Waals surface area contributed by atoms with Crippen molar-refractivity contribution >= 4 is 17.3 Å². The molecule has 1 atom stereocenters. The van der Waals surface area contributed by atoms with Gasteiger partial charge in [-0.15, -0.1) is 0 Å². The Hall–Kier alpha value is -0.870. The van der Waals surface area contributed by atoms with Gasteiger partial charge in [0.15, 0.2) is 0 Å². The zero-order valence-electron chi connectivity index (χ0n) is 7.73. The summed E-state index contributed by atoms with van der Waals surface area (Å²) in [5.74, 6) is -0.780. The minimum absolute atomic E-state index is 0.431. The van der Waals surface area contributed by atoms with Crippen LogP contribution in [0.1, 0.15) is 12.5 Å². The first-order valence-corrected chi connectivity index (χ1v) is 4.99. The summed E-state index contributed by atoms with van der Waals surface area (Å²) >= 11 is 1.63. The average Bonchev–Trinajstić information content (AvgIpc) is 2.55. The summed E-state index contributed by atoms with van der Waals surface area (Å²) in [6.45, 7) is 2.38. The molecule has 1 aromatic rings. The fourth-order valence-electron chi connectivity index (χ4n) is 0.996. The molecule has 0 bridgehead atoms. The Balaban J connectivity index is 2.50. The molecule has 1 heterocycles. The topological polar surface area (TPSA) is 40.5 Å². The summed E-state index contributed by atoms with van der Waals surface area (Å²) in [7, 11) is 1.82. The number of thiophene rings is 1. The maximum Gasteiger partial charge on any atom is 0.320 e. The van der Waals surface area contributed by atoms with Gasteiger partial charge in [0.25, 0.3) is 0 Å². The summed E-state index contributed by atoms with van der Waals surface area (Å²) in [5.41, 5.74) is 1.17. The summed E-state index contributed by atoms with van der Waals surface area (Å²) in [6, 6.07) is 1.58. The molecule has 0 aromatic carbocycles. The van der Waals surface area contributed by atoms with Crippen LogP contribution in [0, 0.1) is 0 Å². The van der Waals surface area contributed by atoms with Crippen LogP contribution in [0.5, 0.6) is 0 Å². The lowest BCUT2D eigenvalue weighted by Gasteiger charge is -2.20. The van der Waals surface area contributed by atoms with Crippen molar-refractivity contribution in [1.29, 1.82) is 0 Å². The number of hydrogen-bond acceptors (Lipinski definition) is 3. The first kappa shape index (κ1) is 10.2. The van der Waals surface area contributed by atoms with Crippen molar-refractivity contribution in [2.24, 2.45) is 0 Å². The Morgan fingerprint density at radius 2 is 2.46 bits per heavy atom. The van der Waals surface area contributed by atoms with Gasteiger partial charge < -0.3 is 5.11 Å². The van der Waals surface area contributed by atoms with Crippen LogP contribution in [-0.4, -0.2) is 29.1 Å². The van der Waals surface area contributed by atoms with Crippen molar-refractivity contribution < 1.29 is 9.90 Å². The van der Waals surface area contributed by atoms with Crippen molar-refractivity contribution in [3.05, 3.63) is 22.4 Å². The fraction of sp³-hybridized carbons (Fsp3) is 0.444. The van der Waals surface area contributed by atoms with E-state index in [0.717, 1.165) is 0 Å². The number of carbonyl (C=O) groups is 1. The Morgan fingerprint density at radius 1 is 1.77 bits per heavy atom. The Bertz CT molecular complexity index is 271. The third kappa shape index (κ3) is 2.82. The first-order valence-electron chi connectivity index (χ1n) is 4.05. The van der Waals surface area contributed by atoms with Gasteiger partial charge in [0.2, 0.25) is 0 Å². The molecular formula is C9H13NO2S. The van der Waals surface area contributed by atoms with E-state index in [0.29, 0.717) is 6.54 Å². The minimum Gasteiger partial charge on any atom is -0.480 e. The number of likely N-dealkylation sites (N-methyl/N-ethyl adjacent to an activating group) is 1. The maximum absolute atomic E-state index is 10.6. The highest BCUT2D eigenvalue weighted by atomic mass is 32.1. The van der Waals surface area contributed by atoms with Crippen LogP contribution in [0.3, 0.4) is 0 Å². The summed E-state index contributed by atoms with van der Waals surface area (Å²) < 4.78 is 0. The number of nitrogens with zero attached hydrogens (tertiary/aromatic N) is 1. The largest absolute Gasteiger partial charge is 0.480 e. The fourth-order valence-corrected chi connectivity index (χ4v) is 1.66. The number of aliphatic carboxylic acids is 1. The molecule has 0 saturated carbocycles. The number of carboxylic acids is 1.